The highest BCUT2D eigenvalue weighted by molar-refractivity contribution is 9.10. The van der Waals surface area contributed by atoms with Gasteiger partial charge in [-0.15, -0.1) is 0 Å². The summed E-state index contributed by atoms with van der Waals surface area (Å²) in [4.78, 5) is 31.0. The van der Waals surface area contributed by atoms with Crippen molar-refractivity contribution >= 4 is 33.4 Å². The first-order chi connectivity index (χ1) is 14.4. The number of piperidine rings is 1. The Morgan fingerprint density at radius 2 is 1.90 bits per heavy atom. The van der Waals surface area contributed by atoms with Crippen molar-refractivity contribution in [1.82, 2.24) is 19.6 Å². The van der Waals surface area contributed by atoms with Crippen molar-refractivity contribution in [3.05, 3.63) is 70.1 Å². The normalized spacial score (nSPS) is 14.8. The summed E-state index contributed by atoms with van der Waals surface area (Å²) in [5.74, 6) is -2.40. The van der Waals surface area contributed by atoms with Crippen molar-refractivity contribution < 1.29 is 18.4 Å². The number of carbonyl (C=O) groups is 2. The van der Waals surface area contributed by atoms with Crippen molar-refractivity contribution in [2.45, 2.75) is 19.4 Å². The first-order valence-electron chi connectivity index (χ1n) is 9.56. The van der Waals surface area contributed by atoms with Crippen LogP contribution < -0.4 is 5.32 Å². The summed E-state index contributed by atoms with van der Waals surface area (Å²) in [6.45, 7) is 1.00. The van der Waals surface area contributed by atoms with Crippen LogP contribution in [-0.4, -0.2) is 39.2 Å². The van der Waals surface area contributed by atoms with E-state index < -0.39 is 17.5 Å². The Labute approximate surface area is 180 Å². The van der Waals surface area contributed by atoms with Crippen molar-refractivity contribution in [2.75, 3.05) is 13.1 Å². The van der Waals surface area contributed by atoms with Gasteiger partial charge in [-0.1, -0.05) is 0 Å². The molecule has 1 aliphatic heterocycles. The number of fused-ring (bicyclic) bond motifs is 1. The molecule has 1 fully saturated rings. The van der Waals surface area contributed by atoms with E-state index in [0.29, 0.717) is 38.5 Å². The highest BCUT2D eigenvalue weighted by Gasteiger charge is 2.29. The predicted molar refractivity (Wildman–Crippen MR) is 110 cm³/mol. The van der Waals surface area contributed by atoms with Crippen LogP contribution in [0.1, 0.15) is 28.9 Å². The van der Waals surface area contributed by atoms with Gasteiger partial charge >= 0.3 is 0 Å². The second kappa shape index (κ2) is 8.51. The van der Waals surface area contributed by atoms with Crippen LogP contribution in [0.15, 0.2) is 47.2 Å². The fraction of sp³-hybridized carbons (Fsp3) is 0.286. The Morgan fingerprint density at radius 3 is 2.63 bits per heavy atom. The fourth-order valence-corrected chi connectivity index (χ4v) is 3.96. The maximum absolute atomic E-state index is 13.9. The molecule has 0 bridgehead atoms. The Balaban J connectivity index is 1.31. The van der Waals surface area contributed by atoms with Gasteiger partial charge in [0.15, 0.2) is 0 Å². The molecule has 0 saturated carbocycles. The molecule has 2 aromatic heterocycles. The zero-order valence-electron chi connectivity index (χ0n) is 15.9. The van der Waals surface area contributed by atoms with Crippen LogP contribution in [0.2, 0.25) is 0 Å². The van der Waals surface area contributed by atoms with Crippen LogP contribution in [-0.2, 0) is 11.3 Å². The summed E-state index contributed by atoms with van der Waals surface area (Å²) in [5, 5.41) is 2.90. The third-order valence-corrected chi connectivity index (χ3v) is 5.69. The van der Waals surface area contributed by atoms with Crippen LogP contribution in [0.5, 0.6) is 0 Å². The largest absolute Gasteiger partial charge is 0.350 e. The lowest BCUT2D eigenvalue weighted by molar-refractivity contribution is -0.126. The average Bonchev–Trinajstić information content (AvgIpc) is 3.13. The minimum Gasteiger partial charge on any atom is -0.350 e. The summed E-state index contributed by atoms with van der Waals surface area (Å²) in [6.07, 6.45) is 4.72. The molecule has 156 valence electrons. The van der Waals surface area contributed by atoms with E-state index in [9.17, 15) is 18.4 Å². The fourth-order valence-electron chi connectivity index (χ4n) is 3.60. The number of nitrogens with one attached hydrogen (secondary N) is 1. The molecular formula is C21H19BrF2N4O2. The number of halogens is 3. The highest BCUT2D eigenvalue weighted by Crippen LogP contribution is 2.21. The highest BCUT2D eigenvalue weighted by atomic mass is 79.9. The zero-order chi connectivity index (χ0) is 21.3. The maximum atomic E-state index is 13.9. The number of amides is 2. The summed E-state index contributed by atoms with van der Waals surface area (Å²) in [5.41, 5.74) is 1.39. The second-order valence-corrected chi connectivity index (χ2v) is 8.17. The molecule has 0 spiro atoms. The number of nitrogens with zero attached hydrogens (tertiary/aromatic N) is 3. The van der Waals surface area contributed by atoms with E-state index in [1.54, 1.807) is 0 Å². The van der Waals surface area contributed by atoms with Gasteiger partial charge < -0.3 is 14.6 Å². The average molecular weight is 477 g/mol. The van der Waals surface area contributed by atoms with Gasteiger partial charge in [-0.3, -0.25) is 9.59 Å². The maximum Gasteiger partial charge on any atom is 0.256 e. The molecule has 3 heterocycles. The topological polar surface area (TPSA) is 66.7 Å². The number of rotatable bonds is 4. The Hall–Kier alpha value is -2.81. The Bertz CT molecular complexity index is 1110. The molecular weight excluding hydrogens is 458 g/mol. The van der Waals surface area contributed by atoms with Gasteiger partial charge in [0.05, 0.1) is 17.8 Å². The number of benzene rings is 1. The second-order valence-electron chi connectivity index (χ2n) is 7.25. The summed E-state index contributed by atoms with van der Waals surface area (Å²) < 4.78 is 29.7. The van der Waals surface area contributed by atoms with Crippen LogP contribution in [0.3, 0.4) is 0 Å². The lowest BCUT2D eigenvalue weighted by Gasteiger charge is -2.31. The molecule has 2 amide bonds. The Morgan fingerprint density at radius 1 is 1.13 bits per heavy atom. The molecule has 0 aliphatic carbocycles. The van der Waals surface area contributed by atoms with Crippen molar-refractivity contribution in [2.24, 2.45) is 5.92 Å². The van der Waals surface area contributed by atoms with E-state index >= 15 is 0 Å². The Kier molecular flexibility index (Phi) is 5.80. The third-order valence-electron chi connectivity index (χ3n) is 5.22. The van der Waals surface area contributed by atoms with Gasteiger partial charge in [0.2, 0.25) is 5.91 Å². The number of hydrogen-bond donors (Lipinski definition) is 1. The summed E-state index contributed by atoms with van der Waals surface area (Å²) in [7, 11) is 0. The monoisotopic (exact) mass is 476 g/mol. The molecule has 3 aromatic rings. The summed E-state index contributed by atoms with van der Waals surface area (Å²) >= 11 is 3.41. The number of pyridine rings is 1. The van der Waals surface area contributed by atoms with E-state index in [1.165, 1.54) is 4.90 Å². The van der Waals surface area contributed by atoms with E-state index in [4.69, 9.17) is 0 Å². The molecule has 4 rings (SSSR count). The molecule has 1 aromatic carbocycles. The molecule has 0 atom stereocenters. The summed E-state index contributed by atoms with van der Waals surface area (Å²) in [6, 6.07) is 6.70. The molecule has 0 radical (unpaired) electrons. The quantitative estimate of drug-likeness (QED) is 0.626. The molecule has 1 N–H and O–H groups in total. The molecule has 1 saturated heterocycles. The molecule has 30 heavy (non-hydrogen) atoms. The lowest BCUT2D eigenvalue weighted by atomic mass is 9.95. The third kappa shape index (κ3) is 4.35. The van der Waals surface area contributed by atoms with Gasteiger partial charge in [0.1, 0.15) is 17.3 Å². The van der Waals surface area contributed by atoms with Crippen LogP contribution >= 0.6 is 15.9 Å². The first kappa shape index (κ1) is 20.5. The minimum atomic E-state index is -0.876. The van der Waals surface area contributed by atoms with E-state index in [2.05, 4.69) is 26.2 Å². The van der Waals surface area contributed by atoms with Crippen LogP contribution in [0.4, 0.5) is 8.78 Å². The van der Waals surface area contributed by atoms with Crippen molar-refractivity contribution in [3.63, 3.8) is 0 Å². The number of imidazole rings is 1. The molecule has 0 unspecified atom stereocenters. The van der Waals surface area contributed by atoms with E-state index in [0.717, 1.165) is 27.9 Å². The first-order valence-corrected chi connectivity index (χ1v) is 10.3. The van der Waals surface area contributed by atoms with Crippen LogP contribution in [0, 0.1) is 17.6 Å². The standard InChI is InChI=1S/C21H19BrF2N4O2/c22-14-1-4-19-26-16(12-28(19)11-14)10-25-20(29)13-5-7-27(8-6-13)21(30)17-3-2-15(23)9-18(17)24/h1-4,9,11-13H,5-8,10H2,(H,25,29). The number of carbonyl (C=O) groups excluding carboxylic acids is 2. The van der Waals surface area contributed by atoms with Crippen LogP contribution in [0.25, 0.3) is 5.65 Å². The number of likely N-dealkylation sites (tertiary alicyclic amines) is 1. The molecule has 9 heteroatoms. The molecule has 6 nitrogen and oxygen atoms in total. The lowest BCUT2D eigenvalue weighted by Crippen LogP contribution is -2.43. The van der Waals surface area contributed by atoms with Crippen molar-refractivity contribution in [3.8, 4) is 0 Å². The van der Waals surface area contributed by atoms with E-state index in [-0.39, 0.29) is 17.4 Å². The van der Waals surface area contributed by atoms with Gasteiger partial charge in [0.25, 0.3) is 5.91 Å². The zero-order valence-corrected chi connectivity index (χ0v) is 17.5. The van der Waals surface area contributed by atoms with Gasteiger partial charge in [0, 0.05) is 41.9 Å². The van der Waals surface area contributed by atoms with Gasteiger partial charge in [-0.2, -0.15) is 0 Å². The number of hydrogen-bond acceptors (Lipinski definition) is 3. The predicted octanol–water partition coefficient (Wildman–Crippen LogP) is 3.54. The minimum absolute atomic E-state index is 0.0895. The SMILES string of the molecule is O=C(NCc1cn2cc(Br)ccc2n1)C1CCN(C(=O)c2ccc(F)cc2F)CC1. The smallest absolute Gasteiger partial charge is 0.256 e. The van der Waals surface area contributed by atoms with E-state index in [1.807, 2.05) is 28.9 Å². The number of aromatic nitrogens is 2. The van der Waals surface area contributed by atoms with Gasteiger partial charge in [-0.05, 0) is 53.0 Å². The van der Waals surface area contributed by atoms with Crippen molar-refractivity contribution in [1.29, 1.82) is 0 Å². The van der Waals surface area contributed by atoms with Gasteiger partial charge in [-0.25, -0.2) is 13.8 Å². The molecule has 1 aliphatic rings.